The minimum Gasteiger partial charge on any atom is -0.491 e. The van der Waals surface area contributed by atoms with Crippen molar-refractivity contribution >= 4 is 41.5 Å². The van der Waals surface area contributed by atoms with E-state index in [0.717, 1.165) is 66.8 Å². The lowest BCUT2D eigenvalue weighted by atomic mass is 9.85. The average molecular weight is 826 g/mol. The number of benzene rings is 2. The number of fused-ring (bicyclic) bond motifs is 2. The number of pyridine rings is 1. The van der Waals surface area contributed by atoms with E-state index >= 15 is 0 Å². The smallest absolute Gasteiger partial charge is 0.357 e. The molecule has 8 rings (SSSR count). The van der Waals surface area contributed by atoms with Crippen LogP contribution in [0.15, 0.2) is 66.9 Å². The molecule has 3 aliphatic rings. The number of hydroxylamine groups is 1. The van der Waals surface area contributed by atoms with Crippen LogP contribution in [0, 0.1) is 0 Å². The van der Waals surface area contributed by atoms with E-state index in [4.69, 9.17) is 35.7 Å². The molecule has 1 aliphatic carbocycles. The molecule has 2 aromatic carbocycles. The number of rotatable bonds is 12. The quantitative estimate of drug-likeness (QED) is 0.101. The highest BCUT2D eigenvalue weighted by atomic mass is 35.5. The number of morpholine rings is 1. The number of halogens is 1. The number of nitrogens with zero attached hydrogens (tertiary/aromatic N) is 8. The highest BCUT2D eigenvalue weighted by Crippen LogP contribution is 2.40. The number of urea groups is 1. The Labute approximate surface area is 349 Å². The first-order chi connectivity index (χ1) is 28.6. The van der Waals surface area contributed by atoms with E-state index in [1.54, 1.807) is 28.9 Å². The molecule has 59 heavy (non-hydrogen) atoms. The summed E-state index contributed by atoms with van der Waals surface area (Å²) in [6, 6.07) is 18.2. The summed E-state index contributed by atoms with van der Waals surface area (Å²) in [5.74, 6) is 2.23. The van der Waals surface area contributed by atoms with E-state index in [9.17, 15) is 9.59 Å². The molecule has 0 saturated carbocycles. The summed E-state index contributed by atoms with van der Waals surface area (Å²) in [6.45, 7) is 13.7. The lowest BCUT2D eigenvalue weighted by Gasteiger charge is -2.34. The second-order valence-electron chi connectivity index (χ2n) is 16.4. The van der Waals surface area contributed by atoms with Gasteiger partial charge in [-0.15, -0.1) is 15.3 Å². The van der Waals surface area contributed by atoms with Gasteiger partial charge in [0, 0.05) is 49.8 Å². The second kappa shape index (κ2) is 17.5. The van der Waals surface area contributed by atoms with Crippen molar-refractivity contribution in [1.82, 2.24) is 34.6 Å². The third-order valence-corrected chi connectivity index (χ3v) is 11.7. The summed E-state index contributed by atoms with van der Waals surface area (Å²) in [7, 11) is 0. The minimum absolute atomic E-state index is 0.231. The zero-order chi connectivity index (χ0) is 41.1. The molecule has 3 aromatic heterocycles. The zero-order valence-corrected chi connectivity index (χ0v) is 34.8. The van der Waals surface area contributed by atoms with E-state index in [2.05, 4.69) is 32.2 Å². The monoisotopic (exact) mass is 825 g/mol. The Morgan fingerprint density at radius 2 is 1.81 bits per heavy atom. The van der Waals surface area contributed by atoms with E-state index < -0.39 is 17.5 Å². The van der Waals surface area contributed by atoms with E-state index in [-0.39, 0.29) is 18.4 Å². The van der Waals surface area contributed by atoms with Gasteiger partial charge in [-0.25, -0.2) is 9.48 Å². The molecule has 312 valence electrons. The number of piperidine rings is 1. The van der Waals surface area contributed by atoms with Crippen molar-refractivity contribution in [2.24, 2.45) is 0 Å². The molecule has 3 atom stereocenters. The van der Waals surface area contributed by atoms with Gasteiger partial charge in [0.25, 0.3) is 0 Å². The number of ether oxygens (including phenoxy) is 3. The Morgan fingerprint density at radius 3 is 2.59 bits per heavy atom. The number of aromatic nitrogens is 5. The maximum absolute atomic E-state index is 14.3. The maximum atomic E-state index is 14.3. The number of carbonyl (C=O) groups is 2. The van der Waals surface area contributed by atoms with Crippen LogP contribution in [0.5, 0.6) is 11.5 Å². The largest absolute Gasteiger partial charge is 0.491 e. The van der Waals surface area contributed by atoms with E-state index in [1.807, 2.05) is 67.8 Å². The summed E-state index contributed by atoms with van der Waals surface area (Å²) in [6.07, 6.45) is 6.36. The predicted molar refractivity (Wildman–Crippen MR) is 224 cm³/mol. The van der Waals surface area contributed by atoms with Crippen LogP contribution < -0.4 is 24.8 Å². The highest BCUT2D eigenvalue weighted by Gasteiger charge is 2.34. The normalized spacial score (nSPS) is 19.9. The molecular formula is C43H52ClN9O6. The molecule has 0 radical (unpaired) electrons. The summed E-state index contributed by atoms with van der Waals surface area (Å²) >= 11 is 6.60. The summed E-state index contributed by atoms with van der Waals surface area (Å²) in [5.41, 5.74) is 3.48. The Balaban J connectivity index is 1.02. The zero-order valence-electron chi connectivity index (χ0n) is 34.1. The molecule has 2 fully saturated rings. The van der Waals surface area contributed by atoms with Crippen molar-refractivity contribution in [1.29, 1.82) is 0 Å². The molecule has 2 saturated heterocycles. The summed E-state index contributed by atoms with van der Waals surface area (Å²) in [5, 5.41) is 18.4. The molecule has 0 unspecified atom stereocenters. The van der Waals surface area contributed by atoms with Crippen LogP contribution in [-0.4, -0.2) is 93.8 Å². The Hall–Kier alpha value is -5.38. The number of amides is 2. The maximum Gasteiger partial charge on any atom is 0.357 e. The summed E-state index contributed by atoms with van der Waals surface area (Å²) in [4.78, 5) is 36.4. The van der Waals surface area contributed by atoms with E-state index in [0.29, 0.717) is 66.6 Å². The van der Waals surface area contributed by atoms with Gasteiger partial charge in [0.15, 0.2) is 11.5 Å². The summed E-state index contributed by atoms with van der Waals surface area (Å²) < 4.78 is 21.9. The molecule has 0 bridgehead atoms. The van der Waals surface area contributed by atoms with Crippen molar-refractivity contribution < 1.29 is 28.6 Å². The third kappa shape index (κ3) is 8.82. The minimum atomic E-state index is -0.633. The molecule has 15 nitrogen and oxygen atoms in total. The second-order valence-corrected chi connectivity index (χ2v) is 16.8. The Morgan fingerprint density at radius 1 is 1.00 bits per heavy atom. The first-order valence-corrected chi connectivity index (χ1v) is 20.9. The molecule has 0 spiro atoms. The Kier molecular flexibility index (Phi) is 12.0. The standard InChI is InChI=1S/C43H52ClN9O6/c1-29-9-7-8-18-50(29)41-47-46-39-17-13-31(27-51(39)41)59-36-16-15-35(32-10-5-6-11-33(32)36)45-42(55)53(58-28-54)40-26-38(43(2,3)4)48-52(40)30-12-14-34(44)37(25-30)57-24-21-49-19-22-56-23-20-49/h5-6,10-14,17,25-29,35-36H,7-9,15-16,18-24H2,1-4H3,(H,45,55)/t29-,35-,36+/m0/s1. The predicted octanol–water partition coefficient (Wildman–Crippen LogP) is 7.21. The fourth-order valence-electron chi connectivity index (χ4n) is 8.08. The first-order valence-electron chi connectivity index (χ1n) is 20.5. The van der Waals surface area contributed by atoms with E-state index in [1.165, 1.54) is 6.42 Å². The number of carbonyl (C=O) groups excluding carboxylic acids is 2. The molecule has 5 heterocycles. The van der Waals surface area contributed by atoms with Crippen molar-refractivity contribution in [3.8, 4) is 17.2 Å². The van der Waals surface area contributed by atoms with Crippen LogP contribution in [0.2, 0.25) is 5.02 Å². The number of nitrogens with one attached hydrogen (secondary N) is 1. The molecule has 5 aromatic rings. The van der Waals surface area contributed by atoms with Crippen LogP contribution in [0.4, 0.5) is 16.6 Å². The van der Waals surface area contributed by atoms with Gasteiger partial charge < -0.3 is 29.3 Å². The van der Waals surface area contributed by atoms with Gasteiger partial charge >= 0.3 is 12.5 Å². The van der Waals surface area contributed by atoms with Crippen molar-refractivity contribution in [3.63, 3.8) is 0 Å². The van der Waals surface area contributed by atoms with Gasteiger partial charge in [0.1, 0.15) is 24.2 Å². The van der Waals surface area contributed by atoms with Gasteiger partial charge in [-0.1, -0.05) is 56.6 Å². The van der Waals surface area contributed by atoms with Crippen molar-refractivity contribution in [2.75, 3.05) is 56.0 Å². The van der Waals surface area contributed by atoms with Crippen LogP contribution in [0.1, 0.15) is 88.8 Å². The van der Waals surface area contributed by atoms with Crippen LogP contribution in [0.25, 0.3) is 11.3 Å². The van der Waals surface area contributed by atoms with Gasteiger partial charge in [0.05, 0.1) is 41.9 Å². The first kappa shape index (κ1) is 40.4. The third-order valence-electron chi connectivity index (χ3n) is 11.4. The van der Waals surface area contributed by atoms with Gasteiger partial charge in [-0.3, -0.25) is 14.1 Å². The topological polar surface area (TPSA) is 141 Å². The van der Waals surface area contributed by atoms with Crippen molar-refractivity contribution in [2.45, 2.75) is 83.4 Å². The molecule has 2 aliphatic heterocycles. The fraction of sp³-hybridized carbons (Fsp3) is 0.465. The lowest BCUT2D eigenvalue weighted by molar-refractivity contribution is -0.129. The Bertz CT molecular complexity index is 2270. The number of hydrogen-bond donors (Lipinski definition) is 1. The molecule has 2 amide bonds. The highest BCUT2D eigenvalue weighted by molar-refractivity contribution is 6.32. The number of anilines is 2. The SMILES string of the molecule is C[C@H]1CCCCN1c1nnc2ccc(O[C@@H]3CC[C@H](NC(=O)N(OC=O)c4cc(C(C)(C)C)nn4-c4ccc(Cl)c(OCCN5CCOCC5)c4)c4ccccc43)cn12. The fourth-order valence-corrected chi connectivity index (χ4v) is 8.25. The average Bonchev–Trinajstić information content (AvgIpc) is 3.87. The molecular weight excluding hydrogens is 774 g/mol. The van der Waals surface area contributed by atoms with Gasteiger partial charge in [-0.2, -0.15) is 5.10 Å². The van der Waals surface area contributed by atoms with Crippen LogP contribution in [-0.2, 0) is 19.8 Å². The molecule has 1 N–H and O–H groups in total. The van der Waals surface area contributed by atoms with Crippen LogP contribution in [0.3, 0.4) is 0 Å². The molecule has 16 heteroatoms. The van der Waals surface area contributed by atoms with Gasteiger partial charge in [0.2, 0.25) is 5.95 Å². The lowest BCUT2D eigenvalue weighted by Crippen LogP contribution is -2.43. The van der Waals surface area contributed by atoms with Gasteiger partial charge in [-0.05, 0) is 74.4 Å². The van der Waals surface area contributed by atoms with Crippen LogP contribution >= 0.6 is 11.6 Å². The number of hydrogen-bond acceptors (Lipinski definition) is 11. The van der Waals surface area contributed by atoms with Crippen molar-refractivity contribution in [3.05, 3.63) is 88.7 Å².